The SMILES string of the molecule is C=C(C)C1CC[C@@]2(C)Oc3c(CC=C(C)C)c4c(c(O)c3[C@@H]1[C@@H]2O)C(=O)C1=CC(C=O)C[C@H](C(C)(C)OCC/C=C(/C)C(=O)O)C1O4. The Morgan fingerprint density at radius 2 is 1.89 bits per heavy atom. The van der Waals surface area contributed by atoms with Gasteiger partial charge in [0.15, 0.2) is 5.78 Å². The number of phenols is 1. The fourth-order valence-electron chi connectivity index (χ4n) is 7.83. The Balaban J connectivity index is 1.65. The lowest BCUT2D eigenvalue weighted by molar-refractivity contribution is -0.132. The summed E-state index contributed by atoms with van der Waals surface area (Å²) in [5.41, 5.74) is 1.74. The maximum absolute atomic E-state index is 14.5. The third-order valence-corrected chi connectivity index (χ3v) is 10.7. The monoisotopic (exact) mass is 648 g/mol. The molecule has 9 nitrogen and oxygen atoms in total. The van der Waals surface area contributed by atoms with Crippen molar-refractivity contribution in [3.63, 3.8) is 0 Å². The van der Waals surface area contributed by atoms with Gasteiger partial charge in [0.25, 0.3) is 0 Å². The molecule has 0 saturated heterocycles. The number of phenolic OH excluding ortho intramolecular Hbond substituents is 1. The second kappa shape index (κ2) is 12.7. The molecule has 1 aromatic rings. The molecule has 1 saturated carbocycles. The topological polar surface area (TPSA) is 140 Å². The molecule has 1 fully saturated rings. The lowest BCUT2D eigenvalue weighted by atomic mass is 9.62. The van der Waals surface area contributed by atoms with E-state index in [1.165, 1.54) is 6.92 Å². The first-order chi connectivity index (χ1) is 22.0. The minimum absolute atomic E-state index is 0.0205. The van der Waals surface area contributed by atoms with Gasteiger partial charge in [0.05, 0.1) is 12.2 Å². The van der Waals surface area contributed by atoms with Crippen LogP contribution in [0.5, 0.6) is 17.2 Å². The molecule has 254 valence electrons. The summed E-state index contributed by atoms with van der Waals surface area (Å²) in [5.74, 6) is -2.64. The Morgan fingerprint density at radius 3 is 2.51 bits per heavy atom. The van der Waals surface area contributed by atoms with Crippen molar-refractivity contribution in [3.8, 4) is 17.2 Å². The van der Waals surface area contributed by atoms with E-state index in [1.807, 2.05) is 47.6 Å². The number of carboxylic acids is 1. The number of benzene rings is 1. The summed E-state index contributed by atoms with van der Waals surface area (Å²) in [7, 11) is 0. The van der Waals surface area contributed by atoms with E-state index in [-0.39, 0.29) is 40.7 Å². The summed E-state index contributed by atoms with van der Waals surface area (Å²) in [4.78, 5) is 38.0. The van der Waals surface area contributed by atoms with Crippen LogP contribution in [0.1, 0.15) is 102 Å². The van der Waals surface area contributed by atoms with Crippen molar-refractivity contribution in [3.05, 3.63) is 63.8 Å². The molecule has 0 amide bonds. The maximum atomic E-state index is 14.5. The van der Waals surface area contributed by atoms with E-state index in [4.69, 9.17) is 14.2 Å². The number of aromatic hydroxyl groups is 1. The Bertz CT molecular complexity index is 1590. The van der Waals surface area contributed by atoms with Crippen molar-refractivity contribution in [2.75, 3.05) is 6.61 Å². The molecule has 1 aromatic carbocycles. The average Bonchev–Trinajstić information content (AvgIpc) is 2.99. The van der Waals surface area contributed by atoms with Crippen molar-refractivity contribution in [2.24, 2.45) is 17.8 Å². The third-order valence-electron chi connectivity index (χ3n) is 10.7. The first-order valence-electron chi connectivity index (χ1n) is 16.5. The summed E-state index contributed by atoms with van der Waals surface area (Å²) >= 11 is 0. The van der Waals surface area contributed by atoms with E-state index >= 15 is 0 Å². The number of ether oxygens (including phenoxy) is 3. The van der Waals surface area contributed by atoms with Gasteiger partial charge in [-0.25, -0.2) is 4.79 Å². The zero-order valence-corrected chi connectivity index (χ0v) is 28.5. The highest BCUT2D eigenvalue weighted by molar-refractivity contribution is 6.15. The van der Waals surface area contributed by atoms with Crippen molar-refractivity contribution in [1.82, 2.24) is 0 Å². The summed E-state index contributed by atoms with van der Waals surface area (Å²) in [6.45, 7) is 17.5. The quantitative estimate of drug-likeness (QED) is 0.114. The highest BCUT2D eigenvalue weighted by Gasteiger charge is 2.56. The third kappa shape index (κ3) is 6.08. The number of Topliss-reactive ketones (excluding diaryl/α,β-unsaturated/α-hetero) is 1. The highest BCUT2D eigenvalue weighted by Crippen LogP contribution is 2.61. The molecule has 7 atom stereocenters. The first kappa shape index (κ1) is 34.6. The van der Waals surface area contributed by atoms with Crippen molar-refractivity contribution >= 4 is 18.0 Å². The Labute approximate surface area is 277 Å². The number of aldehydes is 1. The molecule has 5 rings (SSSR count). The number of allylic oxidation sites excluding steroid dienone is 4. The molecule has 2 aliphatic carbocycles. The normalized spacial score (nSPS) is 29.7. The minimum Gasteiger partial charge on any atom is -0.507 e. The number of carbonyl (C=O) groups is 3. The van der Waals surface area contributed by atoms with Crippen LogP contribution < -0.4 is 9.47 Å². The van der Waals surface area contributed by atoms with Crippen LogP contribution in [0, 0.1) is 17.8 Å². The van der Waals surface area contributed by atoms with E-state index in [1.54, 1.807) is 12.2 Å². The van der Waals surface area contributed by atoms with Crippen molar-refractivity contribution < 1.29 is 43.9 Å². The Hall–Kier alpha value is -3.69. The van der Waals surface area contributed by atoms with Gasteiger partial charge >= 0.3 is 5.97 Å². The first-order valence-corrected chi connectivity index (χ1v) is 16.5. The zero-order chi connectivity index (χ0) is 34.6. The van der Waals surface area contributed by atoms with E-state index in [2.05, 4.69) is 6.58 Å². The lowest BCUT2D eigenvalue weighted by Gasteiger charge is -2.52. The number of aliphatic hydroxyl groups is 1. The van der Waals surface area contributed by atoms with E-state index in [9.17, 15) is 29.7 Å². The number of rotatable bonds is 10. The molecule has 9 heteroatoms. The number of ketones is 1. The predicted molar refractivity (Wildman–Crippen MR) is 177 cm³/mol. The second-order valence-corrected chi connectivity index (χ2v) is 14.7. The Morgan fingerprint density at radius 1 is 1.19 bits per heavy atom. The number of fused-ring (bicyclic) bond motifs is 6. The molecular weight excluding hydrogens is 600 g/mol. The fraction of sp³-hybridized carbons (Fsp3) is 0.553. The second-order valence-electron chi connectivity index (χ2n) is 14.7. The summed E-state index contributed by atoms with van der Waals surface area (Å²) in [5, 5.41) is 32.9. The van der Waals surface area contributed by atoms with Gasteiger partial charge in [-0.15, -0.1) is 0 Å². The van der Waals surface area contributed by atoms with Gasteiger partial charge in [-0.2, -0.15) is 0 Å². The fourth-order valence-corrected chi connectivity index (χ4v) is 7.83. The predicted octanol–water partition coefficient (Wildman–Crippen LogP) is 6.40. The summed E-state index contributed by atoms with van der Waals surface area (Å²) in [6.07, 6.45) is 6.82. The van der Waals surface area contributed by atoms with E-state index in [0.29, 0.717) is 49.0 Å². The molecule has 0 radical (unpaired) electrons. The van der Waals surface area contributed by atoms with Gasteiger partial charge in [-0.1, -0.05) is 36.0 Å². The number of carbonyl (C=O) groups excluding carboxylic acids is 2. The standard InChI is InChI=1S/C38H48O9/c1-19(2)11-12-24-33-29(31(41)28-27-23(20(3)4)13-14-38(8,35(27)42)47-34(24)28)30(40)25-16-22(18-39)17-26(32(25)46-33)37(6,7)45-15-9-10-21(5)36(43)44/h10-11,16,18,22-23,26-27,32,35,41-42H,3,9,12-15,17H2,1-2,4-8H3,(H,43,44)/b21-10-/t22?,23?,26-,27+,32?,35-,38+/m0/s1. The van der Waals surface area contributed by atoms with E-state index < -0.39 is 52.9 Å². The van der Waals surface area contributed by atoms with Crippen LogP contribution >= 0.6 is 0 Å². The van der Waals surface area contributed by atoms with E-state index in [0.717, 1.165) is 17.4 Å². The van der Waals surface area contributed by atoms with Crippen LogP contribution in [-0.4, -0.2) is 63.4 Å². The van der Waals surface area contributed by atoms with Crippen LogP contribution in [0.3, 0.4) is 0 Å². The van der Waals surface area contributed by atoms with Crippen molar-refractivity contribution in [1.29, 1.82) is 0 Å². The largest absolute Gasteiger partial charge is 0.507 e. The number of aliphatic carboxylic acids is 1. The average molecular weight is 649 g/mol. The maximum Gasteiger partial charge on any atom is 0.330 e. The number of carboxylic acid groups (broad SMARTS) is 1. The highest BCUT2D eigenvalue weighted by atomic mass is 16.5. The minimum atomic E-state index is -0.992. The molecule has 2 aliphatic heterocycles. The molecule has 47 heavy (non-hydrogen) atoms. The molecule has 2 heterocycles. The van der Waals surface area contributed by atoms with Gasteiger partial charge in [0.2, 0.25) is 0 Å². The number of aliphatic hydroxyl groups excluding tert-OH is 1. The molecule has 4 aliphatic rings. The van der Waals surface area contributed by atoms with Crippen LogP contribution in [-0.2, 0) is 20.7 Å². The molecule has 3 unspecified atom stereocenters. The lowest BCUT2D eigenvalue weighted by Crippen LogP contribution is -2.56. The van der Waals surface area contributed by atoms with Crippen molar-refractivity contribution in [2.45, 2.75) is 110 Å². The van der Waals surface area contributed by atoms with Gasteiger partial charge in [-0.3, -0.25) is 4.79 Å². The van der Waals surface area contributed by atoms with Gasteiger partial charge in [-0.05, 0) is 86.5 Å². The zero-order valence-electron chi connectivity index (χ0n) is 28.5. The molecular formula is C38H48O9. The van der Waals surface area contributed by atoms with Crippen LogP contribution in [0.15, 0.2) is 47.1 Å². The molecule has 2 bridgehead atoms. The van der Waals surface area contributed by atoms with Gasteiger partial charge < -0.3 is 34.3 Å². The van der Waals surface area contributed by atoms with Crippen LogP contribution in [0.25, 0.3) is 0 Å². The smallest absolute Gasteiger partial charge is 0.330 e. The number of hydrogen-bond donors (Lipinski definition) is 3. The Kier molecular flexibility index (Phi) is 9.38. The summed E-state index contributed by atoms with van der Waals surface area (Å²) in [6, 6.07) is 0. The molecule has 3 N–H and O–H groups in total. The molecule has 0 spiro atoms. The van der Waals surface area contributed by atoms with Gasteiger partial charge in [0, 0.05) is 40.0 Å². The van der Waals surface area contributed by atoms with Gasteiger partial charge in [0.1, 0.15) is 46.9 Å². The number of hydrogen-bond acceptors (Lipinski definition) is 8. The van der Waals surface area contributed by atoms with Crippen LogP contribution in [0.4, 0.5) is 0 Å². The summed E-state index contributed by atoms with van der Waals surface area (Å²) < 4.78 is 19.8. The van der Waals surface area contributed by atoms with Crippen LogP contribution in [0.2, 0.25) is 0 Å². The molecule has 0 aromatic heterocycles.